The lowest BCUT2D eigenvalue weighted by Gasteiger charge is -2.01. The Morgan fingerprint density at radius 3 is 2.95 bits per heavy atom. The first-order valence-corrected chi connectivity index (χ1v) is 6.22. The van der Waals surface area contributed by atoms with Crippen LogP contribution in [0, 0.1) is 0 Å². The standard InChI is InChI=1S/C16H13NO3/c1-2-9-20-16(19)15-12-7-6-11(18)10-14(12)17-8-4-3-5-13(15)17/h2-8,10,18H,1,9H2. The van der Waals surface area contributed by atoms with E-state index >= 15 is 0 Å². The van der Waals surface area contributed by atoms with Crippen LogP contribution in [0.5, 0.6) is 5.75 Å². The molecule has 100 valence electrons. The number of carbonyl (C=O) groups is 1. The molecule has 1 aromatic carbocycles. The molecular weight excluding hydrogens is 254 g/mol. The van der Waals surface area contributed by atoms with Gasteiger partial charge in [-0.25, -0.2) is 4.79 Å². The molecule has 0 aliphatic carbocycles. The minimum Gasteiger partial charge on any atom is -0.508 e. The summed E-state index contributed by atoms with van der Waals surface area (Å²) in [5.74, 6) is -0.235. The van der Waals surface area contributed by atoms with Gasteiger partial charge in [0, 0.05) is 17.6 Å². The third-order valence-electron chi connectivity index (χ3n) is 3.16. The molecule has 3 rings (SSSR count). The van der Waals surface area contributed by atoms with Crippen molar-refractivity contribution in [2.45, 2.75) is 0 Å². The molecule has 0 fully saturated rings. The van der Waals surface area contributed by atoms with Crippen molar-refractivity contribution >= 4 is 22.4 Å². The van der Waals surface area contributed by atoms with Crippen LogP contribution in [0.1, 0.15) is 10.4 Å². The second-order valence-corrected chi connectivity index (χ2v) is 4.42. The first kappa shape index (κ1) is 12.3. The molecule has 4 heteroatoms. The summed E-state index contributed by atoms with van der Waals surface area (Å²) in [6.45, 7) is 3.70. The Morgan fingerprint density at radius 2 is 2.15 bits per heavy atom. The van der Waals surface area contributed by atoms with E-state index in [9.17, 15) is 9.90 Å². The molecule has 3 aromatic rings. The molecular formula is C16H13NO3. The van der Waals surface area contributed by atoms with Gasteiger partial charge in [-0.2, -0.15) is 0 Å². The highest BCUT2D eigenvalue weighted by atomic mass is 16.5. The number of fused-ring (bicyclic) bond motifs is 3. The predicted octanol–water partition coefficient (Wildman–Crippen LogP) is 3.14. The number of carbonyl (C=O) groups excluding carboxylic acids is 1. The van der Waals surface area contributed by atoms with Gasteiger partial charge in [-0.15, -0.1) is 0 Å². The molecule has 0 amide bonds. The van der Waals surface area contributed by atoms with Crippen LogP contribution < -0.4 is 0 Å². The summed E-state index contributed by atoms with van der Waals surface area (Å²) in [5, 5.41) is 10.4. The maximum absolute atomic E-state index is 12.2. The Kier molecular flexibility index (Phi) is 2.91. The number of hydrogen-bond acceptors (Lipinski definition) is 3. The molecule has 0 aliphatic rings. The lowest BCUT2D eigenvalue weighted by Crippen LogP contribution is -2.04. The van der Waals surface area contributed by atoms with E-state index in [-0.39, 0.29) is 12.4 Å². The zero-order valence-electron chi connectivity index (χ0n) is 10.7. The third kappa shape index (κ3) is 1.82. The third-order valence-corrected chi connectivity index (χ3v) is 3.16. The van der Waals surface area contributed by atoms with Gasteiger partial charge in [-0.1, -0.05) is 18.7 Å². The van der Waals surface area contributed by atoms with E-state index in [0.29, 0.717) is 5.56 Å². The second kappa shape index (κ2) is 4.74. The van der Waals surface area contributed by atoms with Gasteiger partial charge in [-0.3, -0.25) is 0 Å². The van der Waals surface area contributed by atoms with Gasteiger partial charge in [0.15, 0.2) is 0 Å². The molecule has 0 unspecified atom stereocenters. The highest BCUT2D eigenvalue weighted by Gasteiger charge is 2.19. The second-order valence-electron chi connectivity index (χ2n) is 4.42. The molecule has 2 aromatic heterocycles. The maximum atomic E-state index is 12.2. The Bertz CT molecular complexity index is 817. The fraction of sp³-hybridized carbons (Fsp3) is 0.0625. The SMILES string of the molecule is C=CCOC(=O)c1c2ccc(O)cc2n2ccccc12. The summed E-state index contributed by atoms with van der Waals surface area (Å²) >= 11 is 0. The average Bonchev–Trinajstić information content (AvgIpc) is 2.79. The van der Waals surface area contributed by atoms with E-state index in [1.165, 1.54) is 6.08 Å². The number of aromatic hydroxyl groups is 1. The van der Waals surface area contributed by atoms with E-state index < -0.39 is 5.97 Å². The van der Waals surface area contributed by atoms with Crippen LogP contribution in [0.25, 0.3) is 16.4 Å². The van der Waals surface area contributed by atoms with Gasteiger partial charge < -0.3 is 14.2 Å². The molecule has 0 radical (unpaired) electrons. The number of aromatic nitrogens is 1. The Labute approximate surface area is 115 Å². The van der Waals surface area contributed by atoms with Crippen molar-refractivity contribution in [1.29, 1.82) is 0 Å². The van der Waals surface area contributed by atoms with Crippen molar-refractivity contribution in [1.82, 2.24) is 4.40 Å². The van der Waals surface area contributed by atoms with Crippen LogP contribution >= 0.6 is 0 Å². The highest BCUT2D eigenvalue weighted by molar-refractivity contribution is 6.11. The van der Waals surface area contributed by atoms with Gasteiger partial charge in [0.1, 0.15) is 12.4 Å². The number of esters is 1. The van der Waals surface area contributed by atoms with Gasteiger partial charge in [0.2, 0.25) is 0 Å². The molecule has 1 N–H and O–H groups in total. The van der Waals surface area contributed by atoms with Crippen molar-refractivity contribution in [2.75, 3.05) is 6.61 Å². The Morgan fingerprint density at radius 1 is 1.30 bits per heavy atom. The average molecular weight is 267 g/mol. The molecule has 0 saturated carbocycles. The van der Waals surface area contributed by atoms with Crippen LogP contribution in [0.15, 0.2) is 55.3 Å². The lowest BCUT2D eigenvalue weighted by molar-refractivity contribution is 0.0554. The van der Waals surface area contributed by atoms with Crippen molar-refractivity contribution in [2.24, 2.45) is 0 Å². The van der Waals surface area contributed by atoms with Crippen LogP contribution in [-0.4, -0.2) is 22.1 Å². The van der Waals surface area contributed by atoms with Crippen LogP contribution in [-0.2, 0) is 4.74 Å². The van der Waals surface area contributed by atoms with E-state index in [0.717, 1.165) is 16.4 Å². The zero-order chi connectivity index (χ0) is 14.1. The molecule has 20 heavy (non-hydrogen) atoms. The largest absolute Gasteiger partial charge is 0.508 e. The molecule has 0 saturated heterocycles. The van der Waals surface area contributed by atoms with Crippen molar-refractivity contribution in [3.8, 4) is 5.75 Å². The molecule has 2 heterocycles. The van der Waals surface area contributed by atoms with Crippen LogP contribution in [0.2, 0.25) is 0 Å². The number of phenols is 1. The van der Waals surface area contributed by atoms with E-state index in [2.05, 4.69) is 6.58 Å². The van der Waals surface area contributed by atoms with Gasteiger partial charge in [0.25, 0.3) is 0 Å². The first-order chi connectivity index (χ1) is 9.72. The number of pyridine rings is 1. The summed E-state index contributed by atoms with van der Waals surface area (Å²) in [6, 6.07) is 10.5. The van der Waals surface area contributed by atoms with Crippen molar-refractivity contribution < 1.29 is 14.6 Å². The quantitative estimate of drug-likeness (QED) is 0.586. The minimum absolute atomic E-state index is 0.159. The fourth-order valence-corrected chi connectivity index (χ4v) is 2.35. The number of ether oxygens (including phenoxy) is 1. The fourth-order valence-electron chi connectivity index (χ4n) is 2.35. The number of phenolic OH excluding ortho intramolecular Hbond substituents is 1. The molecule has 0 aliphatic heterocycles. The van der Waals surface area contributed by atoms with E-state index in [4.69, 9.17) is 4.74 Å². The predicted molar refractivity (Wildman–Crippen MR) is 77.0 cm³/mol. The summed E-state index contributed by atoms with van der Waals surface area (Å²) in [5.41, 5.74) is 2.02. The molecule has 0 spiro atoms. The minimum atomic E-state index is -0.394. The smallest absolute Gasteiger partial charge is 0.341 e. The molecule has 0 atom stereocenters. The number of nitrogens with zero attached hydrogens (tertiary/aromatic N) is 1. The first-order valence-electron chi connectivity index (χ1n) is 6.22. The summed E-state index contributed by atoms with van der Waals surface area (Å²) in [6.07, 6.45) is 3.38. The lowest BCUT2D eigenvalue weighted by atomic mass is 10.1. The summed E-state index contributed by atoms with van der Waals surface area (Å²) in [7, 11) is 0. The van der Waals surface area contributed by atoms with E-state index in [1.807, 2.05) is 28.8 Å². The molecule has 0 bridgehead atoms. The summed E-state index contributed by atoms with van der Waals surface area (Å²) < 4.78 is 7.01. The summed E-state index contributed by atoms with van der Waals surface area (Å²) in [4.78, 5) is 12.2. The normalized spacial score (nSPS) is 10.8. The number of hydrogen-bond donors (Lipinski definition) is 1. The number of rotatable bonds is 3. The van der Waals surface area contributed by atoms with Crippen LogP contribution in [0.3, 0.4) is 0 Å². The van der Waals surface area contributed by atoms with Gasteiger partial charge in [0.05, 0.1) is 16.6 Å². The monoisotopic (exact) mass is 267 g/mol. The van der Waals surface area contributed by atoms with E-state index in [1.54, 1.807) is 18.2 Å². The maximum Gasteiger partial charge on any atom is 0.341 e. The number of benzene rings is 1. The topological polar surface area (TPSA) is 50.9 Å². The van der Waals surface area contributed by atoms with Crippen molar-refractivity contribution in [3.63, 3.8) is 0 Å². The van der Waals surface area contributed by atoms with Crippen LogP contribution in [0.4, 0.5) is 0 Å². The zero-order valence-corrected chi connectivity index (χ0v) is 10.7. The van der Waals surface area contributed by atoms with Gasteiger partial charge in [-0.05, 0) is 24.3 Å². The van der Waals surface area contributed by atoms with Gasteiger partial charge >= 0.3 is 5.97 Å². The Hall–Kier alpha value is -2.75. The van der Waals surface area contributed by atoms with Crippen molar-refractivity contribution in [3.05, 3.63) is 60.8 Å². The Balaban J connectivity index is 2.32. The highest BCUT2D eigenvalue weighted by Crippen LogP contribution is 2.29. The molecule has 4 nitrogen and oxygen atoms in total.